The molecule has 0 bridgehead atoms. The highest BCUT2D eigenvalue weighted by molar-refractivity contribution is 5.38. The van der Waals surface area contributed by atoms with Crippen molar-refractivity contribution >= 4 is 0 Å². The number of hydrogen-bond donors (Lipinski definition) is 3. The average Bonchev–Trinajstić information content (AvgIpc) is 2.92. The smallest absolute Gasteiger partial charge is 0.0804 e. The summed E-state index contributed by atoms with van der Waals surface area (Å²) in [4.78, 5) is 0. The van der Waals surface area contributed by atoms with E-state index in [0.29, 0.717) is 11.8 Å². The zero-order chi connectivity index (χ0) is 17.1. The van der Waals surface area contributed by atoms with Gasteiger partial charge in [-0.05, 0) is 73.5 Å². The SMILES string of the molecule is C[C@]12CC[C@H]3C(=CC=C4CC(O)CC[C@@]43C)[C@@H]1CC[C@@H]2[C@@H](O)CO. The molecule has 7 atom stereocenters. The van der Waals surface area contributed by atoms with E-state index in [-0.39, 0.29) is 29.5 Å². The van der Waals surface area contributed by atoms with Gasteiger partial charge in [0.2, 0.25) is 0 Å². The van der Waals surface area contributed by atoms with Crippen LogP contribution in [0.5, 0.6) is 0 Å². The van der Waals surface area contributed by atoms with Gasteiger partial charge in [0.25, 0.3) is 0 Å². The highest BCUT2D eigenvalue weighted by Gasteiger charge is 2.57. The summed E-state index contributed by atoms with van der Waals surface area (Å²) in [5, 5.41) is 29.8. The zero-order valence-corrected chi connectivity index (χ0v) is 15.0. The van der Waals surface area contributed by atoms with Crippen LogP contribution in [-0.4, -0.2) is 34.1 Å². The molecule has 0 aromatic carbocycles. The monoisotopic (exact) mass is 332 g/mol. The van der Waals surface area contributed by atoms with E-state index in [1.165, 1.54) is 12.0 Å². The fraction of sp³-hybridized carbons (Fsp3) is 0.810. The Morgan fingerprint density at radius 3 is 2.62 bits per heavy atom. The van der Waals surface area contributed by atoms with Crippen LogP contribution < -0.4 is 0 Å². The Hall–Kier alpha value is -0.640. The summed E-state index contributed by atoms with van der Waals surface area (Å²) in [5.41, 5.74) is 3.39. The van der Waals surface area contributed by atoms with Crippen LogP contribution in [0.2, 0.25) is 0 Å². The van der Waals surface area contributed by atoms with Gasteiger partial charge < -0.3 is 15.3 Å². The molecule has 3 fully saturated rings. The van der Waals surface area contributed by atoms with E-state index >= 15 is 0 Å². The van der Waals surface area contributed by atoms with Gasteiger partial charge in [0.1, 0.15) is 0 Å². The third kappa shape index (κ3) is 2.21. The van der Waals surface area contributed by atoms with Crippen LogP contribution in [0.25, 0.3) is 0 Å². The van der Waals surface area contributed by atoms with Crippen LogP contribution in [0.3, 0.4) is 0 Å². The minimum absolute atomic E-state index is 0.116. The third-order valence-electron chi connectivity index (χ3n) is 8.27. The lowest BCUT2D eigenvalue weighted by Gasteiger charge is -2.55. The molecule has 4 aliphatic rings. The predicted molar refractivity (Wildman–Crippen MR) is 94.3 cm³/mol. The van der Waals surface area contributed by atoms with Crippen molar-refractivity contribution < 1.29 is 15.3 Å². The molecule has 0 saturated heterocycles. The third-order valence-corrected chi connectivity index (χ3v) is 8.27. The number of hydrogen-bond acceptors (Lipinski definition) is 3. The first-order valence-electron chi connectivity index (χ1n) is 9.78. The lowest BCUT2D eigenvalue weighted by atomic mass is 9.50. The second-order valence-electron chi connectivity index (χ2n) is 9.26. The molecule has 0 radical (unpaired) electrons. The molecule has 4 rings (SSSR count). The van der Waals surface area contributed by atoms with Crippen LogP contribution in [0.1, 0.15) is 58.8 Å². The summed E-state index contributed by atoms with van der Waals surface area (Å²) in [6.45, 7) is 4.65. The highest BCUT2D eigenvalue weighted by atomic mass is 16.3. The molecule has 0 aromatic heterocycles. The Labute approximate surface area is 145 Å². The van der Waals surface area contributed by atoms with Crippen LogP contribution >= 0.6 is 0 Å². The van der Waals surface area contributed by atoms with Crippen molar-refractivity contribution in [2.24, 2.45) is 28.6 Å². The van der Waals surface area contributed by atoms with E-state index in [1.807, 2.05) is 0 Å². The first-order chi connectivity index (χ1) is 11.4. The summed E-state index contributed by atoms with van der Waals surface area (Å²) in [7, 11) is 0. The summed E-state index contributed by atoms with van der Waals surface area (Å²) >= 11 is 0. The molecular formula is C21H32O3. The van der Waals surface area contributed by atoms with E-state index in [4.69, 9.17) is 0 Å². The van der Waals surface area contributed by atoms with Gasteiger partial charge in [-0.2, -0.15) is 0 Å². The van der Waals surface area contributed by atoms with Crippen molar-refractivity contribution in [2.45, 2.75) is 71.0 Å². The Balaban J connectivity index is 1.68. The van der Waals surface area contributed by atoms with Crippen molar-refractivity contribution in [2.75, 3.05) is 6.61 Å². The molecule has 0 heterocycles. The molecule has 0 amide bonds. The van der Waals surface area contributed by atoms with Gasteiger partial charge in [-0.25, -0.2) is 0 Å². The molecule has 3 N–H and O–H groups in total. The fourth-order valence-corrected chi connectivity index (χ4v) is 6.78. The first kappa shape index (κ1) is 16.8. The number of aliphatic hydroxyl groups is 3. The molecule has 0 spiro atoms. The van der Waals surface area contributed by atoms with Gasteiger partial charge in [0.05, 0.1) is 18.8 Å². The zero-order valence-electron chi connectivity index (χ0n) is 15.0. The summed E-state index contributed by atoms with van der Waals surface area (Å²) in [6.07, 6.45) is 11.3. The summed E-state index contributed by atoms with van der Waals surface area (Å²) in [5.74, 6) is 1.37. The van der Waals surface area contributed by atoms with Gasteiger partial charge in [0, 0.05) is 0 Å². The van der Waals surface area contributed by atoms with E-state index < -0.39 is 6.10 Å². The maximum atomic E-state index is 10.3. The van der Waals surface area contributed by atoms with Crippen molar-refractivity contribution in [3.05, 3.63) is 23.3 Å². The van der Waals surface area contributed by atoms with Gasteiger partial charge >= 0.3 is 0 Å². The Morgan fingerprint density at radius 1 is 1.08 bits per heavy atom. The first-order valence-corrected chi connectivity index (χ1v) is 9.78. The van der Waals surface area contributed by atoms with Crippen molar-refractivity contribution in [1.82, 2.24) is 0 Å². The molecule has 4 aliphatic carbocycles. The highest BCUT2D eigenvalue weighted by Crippen LogP contribution is 2.65. The van der Waals surface area contributed by atoms with Gasteiger partial charge in [0.15, 0.2) is 0 Å². The minimum atomic E-state index is -0.577. The lowest BCUT2D eigenvalue weighted by molar-refractivity contribution is -0.0253. The van der Waals surface area contributed by atoms with Crippen LogP contribution in [-0.2, 0) is 0 Å². The maximum absolute atomic E-state index is 10.3. The van der Waals surface area contributed by atoms with Crippen molar-refractivity contribution in [1.29, 1.82) is 0 Å². The molecular weight excluding hydrogens is 300 g/mol. The standard InChI is InChI=1S/C21H32O3/c1-20-9-7-14(23)11-13(20)3-4-15-16-5-6-18(19(24)12-22)21(16,2)10-8-17(15)20/h3-4,14,16-19,22-24H,5-12H2,1-2H3/t14?,16-,17-,18+,19-,20-,21-/m0/s1. The van der Waals surface area contributed by atoms with E-state index in [1.54, 1.807) is 5.57 Å². The van der Waals surface area contributed by atoms with Gasteiger partial charge in [-0.15, -0.1) is 0 Å². The topological polar surface area (TPSA) is 60.7 Å². The average molecular weight is 332 g/mol. The second kappa shape index (κ2) is 5.69. The molecule has 3 heteroatoms. The van der Waals surface area contributed by atoms with E-state index in [2.05, 4.69) is 26.0 Å². The molecule has 3 nitrogen and oxygen atoms in total. The molecule has 24 heavy (non-hydrogen) atoms. The maximum Gasteiger partial charge on any atom is 0.0804 e. The number of aliphatic hydroxyl groups excluding tert-OH is 3. The number of allylic oxidation sites excluding steroid dienone is 3. The van der Waals surface area contributed by atoms with Crippen molar-refractivity contribution in [3.63, 3.8) is 0 Å². The Morgan fingerprint density at radius 2 is 1.88 bits per heavy atom. The second-order valence-corrected chi connectivity index (χ2v) is 9.26. The minimum Gasteiger partial charge on any atom is -0.394 e. The number of rotatable bonds is 2. The van der Waals surface area contributed by atoms with E-state index in [0.717, 1.165) is 38.5 Å². The number of fused-ring (bicyclic) bond motifs is 5. The molecule has 0 aliphatic heterocycles. The Kier molecular flexibility index (Phi) is 3.98. The summed E-state index contributed by atoms with van der Waals surface area (Å²) < 4.78 is 0. The Bertz CT molecular complexity index is 580. The van der Waals surface area contributed by atoms with Crippen LogP contribution in [0.4, 0.5) is 0 Å². The quantitative estimate of drug-likeness (QED) is 0.728. The van der Waals surface area contributed by atoms with Crippen LogP contribution in [0.15, 0.2) is 23.3 Å². The predicted octanol–water partition coefficient (Wildman–Crippen LogP) is 3.20. The summed E-state index contributed by atoms with van der Waals surface area (Å²) in [6, 6.07) is 0. The molecule has 134 valence electrons. The molecule has 1 unspecified atom stereocenters. The van der Waals surface area contributed by atoms with Crippen molar-refractivity contribution in [3.8, 4) is 0 Å². The lowest BCUT2D eigenvalue weighted by Crippen LogP contribution is -2.47. The molecule has 3 saturated carbocycles. The fourth-order valence-electron chi connectivity index (χ4n) is 6.78. The largest absolute Gasteiger partial charge is 0.394 e. The molecule has 0 aromatic rings. The normalized spacial score (nSPS) is 48.7. The van der Waals surface area contributed by atoms with Crippen LogP contribution in [0, 0.1) is 28.6 Å². The van der Waals surface area contributed by atoms with Gasteiger partial charge in [-0.1, -0.05) is 37.1 Å². The van der Waals surface area contributed by atoms with E-state index in [9.17, 15) is 15.3 Å². The van der Waals surface area contributed by atoms with Gasteiger partial charge in [-0.3, -0.25) is 0 Å².